The Balaban J connectivity index is 2.67. The number of amides is 1. The van der Waals surface area contributed by atoms with Crippen molar-refractivity contribution in [2.24, 2.45) is 11.8 Å². The summed E-state index contributed by atoms with van der Waals surface area (Å²) in [6.45, 7) is 13.1. The third-order valence-corrected chi connectivity index (χ3v) is 3.23. The Hall–Kier alpha value is -0.730. The summed E-state index contributed by atoms with van der Waals surface area (Å²) >= 11 is 0. The van der Waals surface area contributed by atoms with E-state index in [1.165, 1.54) is 6.42 Å². The Bertz CT molecular complexity index is 257. The summed E-state index contributed by atoms with van der Waals surface area (Å²) < 4.78 is 5.43. The first-order chi connectivity index (χ1) is 7.20. The standard InChI is InChI=1S/C13H25NO2/c1-9-7-10(2)11(3)14(8-9)12(15)16-13(4,5)6/h9-11H,7-8H2,1-6H3. The molecule has 3 nitrogen and oxygen atoms in total. The molecule has 3 heteroatoms. The minimum Gasteiger partial charge on any atom is -0.444 e. The van der Waals surface area contributed by atoms with E-state index in [0.717, 1.165) is 6.54 Å². The van der Waals surface area contributed by atoms with Crippen LogP contribution in [0.15, 0.2) is 0 Å². The van der Waals surface area contributed by atoms with Gasteiger partial charge in [0.25, 0.3) is 0 Å². The van der Waals surface area contributed by atoms with Gasteiger partial charge in [-0.15, -0.1) is 0 Å². The van der Waals surface area contributed by atoms with Gasteiger partial charge in [-0.2, -0.15) is 0 Å². The summed E-state index contributed by atoms with van der Waals surface area (Å²) in [5.41, 5.74) is -0.402. The highest BCUT2D eigenvalue weighted by Gasteiger charge is 2.34. The number of carbonyl (C=O) groups is 1. The summed E-state index contributed by atoms with van der Waals surface area (Å²) in [5, 5.41) is 0. The molecule has 16 heavy (non-hydrogen) atoms. The van der Waals surface area contributed by atoms with Gasteiger partial charge in [-0.3, -0.25) is 0 Å². The van der Waals surface area contributed by atoms with Crippen molar-refractivity contribution < 1.29 is 9.53 Å². The van der Waals surface area contributed by atoms with E-state index in [1.807, 2.05) is 25.7 Å². The van der Waals surface area contributed by atoms with Crippen molar-refractivity contribution in [2.75, 3.05) is 6.54 Å². The smallest absolute Gasteiger partial charge is 0.410 e. The summed E-state index contributed by atoms with van der Waals surface area (Å²) in [7, 11) is 0. The van der Waals surface area contributed by atoms with Gasteiger partial charge in [0.1, 0.15) is 5.60 Å². The molecular formula is C13H25NO2. The maximum absolute atomic E-state index is 12.0. The van der Waals surface area contributed by atoms with E-state index in [-0.39, 0.29) is 12.1 Å². The molecule has 94 valence electrons. The maximum Gasteiger partial charge on any atom is 0.410 e. The lowest BCUT2D eigenvalue weighted by Gasteiger charge is -2.41. The van der Waals surface area contributed by atoms with Crippen LogP contribution in [0.3, 0.4) is 0 Å². The van der Waals surface area contributed by atoms with Crippen molar-refractivity contribution in [3.8, 4) is 0 Å². The highest BCUT2D eigenvalue weighted by Crippen LogP contribution is 2.28. The fraction of sp³-hybridized carbons (Fsp3) is 0.923. The molecule has 1 heterocycles. The summed E-state index contributed by atoms with van der Waals surface area (Å²) in [6.07, 6.45) is 1.03. The lowest BCUT2D eigenvalue weighted by atomic mass is 9.86. The predicted molar refractivity (Wildman–Crippen MR) is 65.3 cm³/mol. The average Bonchev–Trinajstić information content (AvgIpc) is 2.08. The second-order valence-corrected chi connectivity index (χ2v) is 6.19. The van der Waals surface area contributed by atoms with Crippen LogP contribution in [0.1, 0.15) is 48.0 Å². The Kier molecular flexibility index (Phi) is 3.87. The van der Waals surface area contributed by atoms with Crippen molar-refractivity contribution >= 4 is 6.09 Å². The Morgan fingerprint density at radius 3 is 2.31 bits per heavy atom. The average molecular weight is 227 g/mol. The zero-order valence-electron chi connectivity index (χ0n) is 11.4. The molecule has 1 aliphatic heterocycles. The van der Waals surface area contributed by atoms with Gasteiger partial charge < -0.3 is 9.64 Å². The van der Waals surface area contributed by atoms with Gasteiger partial charge in [-0.05, 0) is 46.0 Å². The number of rotatable bonds is 0. The highest BCUT2D eigenvalue weighted by molar-refractivity contribution is 5.68. The second kappa shape index (κ2) is 4.64. The molecule has 1 amide bonds. The van der Waals surface area contributed by atoms with Crippen LogP contribution in [-0.4, -0.2) is 29.2 Å². The fourth-order valence-corrected chi connectivity index (χ4v) is 2.28. The molecule has 1 fully saturated rings. The molecule has 3 atom stereocenters. The van der Waals surface area contributed by atoms with E-state index in [4.69, 9.17) is 4.74 Å². The van der Waals surface area contributed by atoms with E-state index in [1.54, 1.807) is 0 Å². The molecule has 1 saturated heterocycles. The molecule has 0 aliphatic carbocycles. The van der Waals surface area contributed by atoms with Crippen molar-refractivity contribution in [1.82, 2.24) is 4.90 Å². The van der Waals surface area contributed by atoms with Crippen LogP contribution in [0.5, 0.6) is 0 Å². The van der Waals surface area contributed by atoms with E-state index in [0.29, 0.717) is 11.8 Å². The Morgan fingerprint density at radius 1 is 1.25 bits per heavy atom. The van der Waals surface area contributed by atoms with E-state index in [2.05, 4.69) is 20.8 Å². The minimum atomic E-state index is -0.402. The predicted octanol–water partition coefficient (Wildman–Crippen LogP) is 3.29. The van der Waals surface area contributed by atoms with E-state index in [9.17, 15) is 4.79 Å². The second-order valence-electron chi connectivity index (χ2n) is 6.19. The number of likely N-dealkylation sites (tertiary alicyclic amines) is 1. The summed E-state index contributed by atoms with van der Waals surface area (Å²) in [4.78, 5) is 13.9. The van der Waals surface area contributed by atoms with E-state index >= 15 is 0 Å². The topological polar surface area (TPSA) is 29.5 Å². The molecule has 0 spiro atoms. The van der Waals surface area contributed by atoms with Crippen LogP contribution in [0.25, 0.3) is 0 Å². The molecule has 1 aliphatic rings. The zero-order chi connectivity index (χ0) is 12.5. The number of ether oxygens (including phenoxy) is 1. The number of carbonyl (C=O) groups excluding carboxylic acids is 1. The van der Waals surface area contributed by atoms with Gasteiger partial charge in [0, 0.05) is 12.6 Å². The van der Waals surface area contributed by atoms with Crippen molar-refractivity contribution in [3.63, 3.8) is 0 Å². The third kappa shape index (κ3) is 3.39. The maximum atomic E-state index is 12.0. The van der Waals surface area contributed by atoms with Gasteiger partial charge in [0.2, 0.25) is 0 Å². The van der Waals surface area contributed by atoms with Gasteiger partial charge in [0.15, 0.2) is 0 Å². The van der Waals surface area contributed by atoms with Crippen molar-refractivity contribution in [3.05, 3.63) is 0 Å². The van der Waals surface area contributed by atoms with Gasteiger partial charge in [0.05, 0.1) is 0 Å². The minimum absolute atomic E-state index is 0.168. The van der Waals surface area contributed by atoms with Crippen LogP contribution in [0, 0.1) is 11.8 Å². The highest BCUT2D eigenvalue weighted by atomic mass is 16.6. The molecule has 0 bridgehead atoms. The lowest BCUT2D eigenvalue weighted by Crippen LogP contribution is -2.50. The Labute approximate surface area is 99.1 Å². The largest absolute Gasteiger partial charge is 0.444 e. The van der Waals surface area contributed by atoms with Crippen LogP contribution in [0.2, 0.25) is 0 Å². The van der Waals surface area contributed by atoms with Gasteiger partial charge >= 0.3 is 6.09 Å². The van der Waals surface area contributed by atoms with Gasteiger partial charge in [-0.1, -0.05) is 13.8 Å². The quantitative estimate of drug-likeness (QED) is 0.635. The SMILES string of the molecule is CC1CC(C)C(C)N(C(=O)OC(C)(C)C)C1. The Morgan fingerprint density at radius 2 is 1.81 bits per heavy atom. The van der Waals surface area contributed by atoms with Crippen LogP contribution in [0.4, 0.5) is 4.79 Å². The lowest BCUT2D eigenvalue weighted by molar-refractivity contribution is -0.00296. The normalized spacial score (nSPS) is 31.4. The van der Waals surface area contributed by atoms with Crippen LogP contribution < -0.4 is 0 Å². The first-order valence-corrected chi connectivity index (χ1v) is 6.20. The molecule has 0 radical (unpaired) electrons. The monoisotopic (exact) mass is 227 g/mol. The zero-order valence-corrected chi connectivity index (χ0v) is 11.4. The molecule has 3 unspecified atom stereocenters. The number of nitrogens with zero attached hydrogens (tertiary/aromatic N) is 1. The molecule has 0 saturated carbocycles. The number of hydrogen-bond acceptors (Lipinski definition) is 2. The number of piperidine rings is 1. The first kappa shape index (κ1) is 13.3. The van der Waals surface area contributed by atoms with E-state index < -0.39 is 5.60 Å². The van der Waals surface area contributed by atoms with Crippen LogP contribution in [-0.2, 0) is 4.74 Å². The molecule has 0 aromatic carbocycles. The molecule has 0 aromatic rings. The molecule has 1 rings (SSSR count). The van der Waals surface area contributed by atoms with Crippen molar-refractivity contribution in [2.45, 2.75) is 59.6 Å². The third-order valence-electron chi connectivity index (χ3n) is 3.23. The summed E-state index contributed by atoms with van der Waals surface area (Å²) in [6, 6.07) is 0.283. The van der Waals surface area contributed by atoms with Gasteiger partial charge in [-0.25, -0.2) is 4.79 Å². The molecular weight excluding hydrogens is 202 g/mol. The summed E-state index contributed by atoms with van der Waals surface area (Å²) in [5.74, 6) is 1.12. The van der Waals surface area contributed by atoms with Crippen LogP contribution >= 0.6 is 0 Å². The fourth-order valence-electron chi connectivity index (χ4n) is 2.28. The number of hydrogen-bond donors (Lipinski definition) is 0. The molecule has 0 aromatic heterocycles. The van der Waals surface area contributed by atoms with Crippen molar-refractivity contribution in [1.29, 1.82) is 0 Å². The first-order valence-electron chi connectivity index (χ1n) is 6.20. The molecule has 0 N–H and O–H groups in total.